The number of thiophene rings is 1. The average Bonchev–Trinajstić information content (AvgIpc) is 3.25. The molecule has 3 heteroatoms. The van der Waals surface area contributed by atoms with Gasteiger partial charge in [-0.1, -0.05) is 18.2 Å². The number of hydrogen-bond donors (Lipinski definition) is 0. The Kier molecular flexibility index (Phi) is 3.43. The molecule has 1 aliphatic carbocycles. The molecule has 1 aliphatic rings. The third-order valence-electron chi connectivity index (χ3n) is 4.31. The van der Waals surface area contributed by atoms with Gasteiger partial charge in [0.05, 0.1) is 17.7 Å². The summed E-state index contributed by atoms with van der Waals surface area (Å²) in [7, 11) is 1.70. The summed E-state index contributed by atoms with van der Waals surface area (Å²) in [5.41, 5.74) is 6.60. The lowest BCUT2D eigenvalue weighted by atomic mass is 9.97. The van der Waals surface area contributed by atoms with E-state index < -0.39 is 0 Å². The highest BCUT2D eigenvalue weighted by Crippen LogP contribution is 2.38. The molecule has 4 rings (SSSR count). The zero-order chi connectivity index (χ0) is 14.9. The summed E-state index contributed by atoms with van der Waals surface area (Å²) < 4.78 is 5.25. The van der Waals surface area contributed by atoms with Crippen LogP contribution in [0.25, 0.3) is 21.7 Å². The van der Waals surface area contributed by atoms with E-state index in [0.29, 0.717) is 0 Å². The van der Waals surface area contributed by atoms with E-state index in [4.69, 9.17) is 9.72 Å². The van der Waals surface area contributed by atoms with Gasteiger partial charge < -0.3 is 4.74 Å². The molecule has 2 heterocycles. The monoisotopic (exact) mass is 307 g/mol. The summed E-state index contributed by atoms with van der Waals surface area (Å²) >= 11 is 1.77. The van der Waals surface area contributed by atoms with Crippen LogP contribution in [-0.2, 0) is 12.8 Å². The largest absolute Gasteiger partial charge is 0.497 e. The van der Waals surface area contributed by atoms with Crippen LogP contribution in [0.4, 0.5) is 0 Å². The van der Waals surface area contributed by atoms with Gasteiger partial charge in [-0.25, -0.2) is 0 Å². The highest BCUT2D eigenvalue weighted by atomic mass is 32.1. The Bertz CT molecular complexity index is 791. The van der Waals surface area contributed by atoms with Crippen molar-refractivity contribution < 1.29 is 4.74 Å². The number of benzene rings is 1. The van der Waals surface area contributed by atoms with Crippen molar-refractivity contribution >= 4 is 11.3 Å². The number of pyridine rings is 1. The van der Waals surface area contributed by atoms with Gasteiger partial charge in [-0.3, -0.25) is 4.98 Å². The van der Waals surface area contributed by atoms with Gasteiger partial charge >= 0.3 is 0 Å². The molecule has 0 N–H and O–H groups in total. The SMILES string of the molecule is COc1ccc(-c2cnc(-c3cccs3)c3c2CCC3)cc1. The van der Waals surface area contributed by atoms with Crippen LogP contribution < -0.4 is 4.74 Å². The standard InChI is InChI=1S/C19H17NOS/c1-21-14-9-7-13(8-10-14)17-12-20-19(18-6-3-11-22-18)16-5-2-4-15(16)17/h3,6-12H,2,4-5H2,1H3. The first kappa shape index (κ1) is 13.5. The van der Waals surface area contributed by atoms with Crippen molar-refractivity contribution in [2.75, 3.05) is 7.11 Å². The fourth-order valence-corrected chi connectivity index (χ4v) is 3.98. The molecular weight excluding hydrogens is 290 g/mol. The van der Waals surface area contributed by atoms with Gasteiger partial charge in [0, 0.05) is 11.8 Å². The van der Waals surface area contributed by atoms with E-state index in [0.717, 1.165) is 18.6 Å². The molecule has 3 aromatic rings. The Morgan fingerprint density at radius 1 is 1.05 bits per heavy atom. The number of nitrogens with zero attached hydrogens (tertiary/aromatic N) is 1. The van der Waals surface area contributed by atoms with Gasteiger partial charge in [-0.15, -0.1) is 11.3 Å². The number of aromatic nitrogens is 1. The van der Waals surface area contributed by atoms with E-state index in [1.54, 1.807) is 18.4 Å². The minimum absolute atomic E-state index is 0.892. The molecule has 0 spiro atoms. The normalized spacial score (nSPS) is 13.1. The topological polar surface area (TPSA) is 22.1 Å². The fraction of sp³-hybridized carbons (Fsp3) is 0.211. The van der Waals surface area contributed by atoms with Gasteiger partial charge in [0.1, 0.15) is 5.75 Å². The third-order valence-corrected chi connectivity index (χ3v) is 5.18. The van der Waals surface area contributed by atoms with Crippen LogP contribution in [-0.4, -0.2) is 12.1 Å². The maximum absolute atomic E-state index is 5.25. The summed E-state index contributed by atoms with van der Waals surface area (Å²) in [6.45, 7) is 0. The van der Waals surface area contributed by atoms with Crippen molar-refractivity contribution in [1.82, 2.24) is 4.98 Å². The molecule has 0 radical (unpaired) electrons. The molecule has 2 aromatic heterocycles. The highest BCUT2D eigenvalue weighted by molar-refractivity contribution is 7.13. The highest BCUT2D eigenvalue weighted by Gasteiger charge is 2.21. The summed E-state index contributed by atoms with van der Waals surface area (Å²) in [5.74, 6) is 0.892. The lowest BCUT2D eigenvalue weighted by Gasteiger charge is -2.12. The molecule has 0 aliphatic heterocycles. The Morgan fingerprint density at radius 2 is 1.86 bits per heavy atom. The third kappa shape index (κ3) is 2.22. The Labute approximate surface area is 134 Å². The molecular formula is C19H17NOS. The van der Waals surface area contributed by atoms with Crippen LogP contribution in [0.1, 0.15) is 17.5 Å². The van der Waals surface area contributed by atoms with Gasteiger partial charge in [0.2, 0.25) is 0 Å². The van der Waals surface area contributed by atoms with Gasteiger partial charge in [0.15, 0.2) is 0 Å². The maximum Gasteiger partial charge on any atom is 0.118 e. The van der Waals surface area contributed by atoms with Crippen molar-refractivity contribution in [1.29, 1.82) is 0 Å². The smallest absolute Gasteiger partial charge is 0.118 e. The number of ether oxygens (including phenoxy) is 1. The molecule has 0 unspecified atom stereocenters. The Balaban J connectivity index is 1.83. The van der Waals surface area contributed by atoms with Crippen molar-refractivity contribution in [3.8, 4) is 27.4 Å². The molecule has 22 heavy (non-hydrogen) atoms. The summed E-state index contributed by atoms with van der Waals surface area (Å²) in [5, 5.41) is 2.12. The molecule has 0 saturated carbocycles. The zero-order valence-electron chi connectivity index (χ0n) is 12.5. The van der Waals surface area contributed by atoms with Gasteiger partial charge in [0.25, 0.3) is 0 Å². The predicted octanol–water partition coefficient (Wildman–Crippen LogP) is 4.97. The molecule has 0 fully saturated rings. The second-order valence-electron chi connectivity index (χ2n) is 5.54. The van der Waals surface area contributed by atoms with E-state index >= 15 is 0 Å². The molecule has 2 nitrogen and oxygen atoms in total. The average molecular weight is 307 g/mol. The molecule has 0 bridgehead atoms. The molecule has 0 amide bonds. The van der Waals surface area contributed by atoms with E-state index in [-0.39, 0.29) is 0 Å². The van der Waals surface area contributed by atoms with Crippen LogP contribution in [0.3, 0.4) is 0 Å². The van der Waals surface area contributed by atoms with E-state index in [1.165, 1.54) is 39.2 Å². The van der Waals surface area contributed by atoms with Crippen molar-refractivity contribution in [2.24, 2.45) is 0 Å². The van der Waals surface area contributed by atoms with Crippen LogP contribution in [0, 0.1) is 0 Å². The summed E-state index contributed by atoms with van der Waals surface area (Å²) in [4.78, 5) is 6.07. The van der Waals surface area contributed by atoms with E-state index in [1.807, 2.05) is 18.3 Å². The fourth-order valence-electron chi connectivity index (χ4n) is 3.23. The number of fused-ring (bicyclic) bond motifs is 1. The summed E-state index contributed by atoms with van der Waals surface area (Å²) in [6.07, 6.45) is 5.56. The zero-order valence-corrected chi connectivity index (χ0v) is 13.3. The maximum atomic E-state index is 5.25. The quantitative estimate of drug-likeness (QED) is 0.681. The first-order valence-electron chi connectivity index (χ1n) is 7.56. The minimum Gasteiger partial charge on any atom is -0.497 e. The van der Waals surface area contributed by atoms with Crippen LogP contribution >= 0.6 is 11.3 Å². The van der Waals surface area contributed by atoms with Gasteiger partial charge in [-0.05, 0) is 59.5 Å². The van der Waals surface area contributed by atoms with E-state index in [9.17, 15) is 0 Å². The summed E-state index contributed by atoms with van der Waals surface area (Å²) in [6, 6.07) is 12.5. The Morgan fingerprint density at radius 3 is 2.59 bits per heavy atom. The number of rotatable bonds is 3. The van der Waals surface area contributed by atoms with Crippen LogP contribution in [0.5, 0.6) is 5.75 Å². The molecule has 0 atom stereocenters. The number of hydrogen-bond acceptors (Lipinski definition) is 3. The van der Waals surface area contributed by atoms with Crippen molar-refractivity contribution in [2.45, 2.75) is 19.3 Å². The first-order chi connectivity index (χ1) is 10.9. The lowest BCUT2D eigenvalue weighted by Crippen LogP contribution is -1.95. The predicted molar refractivity (Wildman–Crippen MR) is 91.6 cm³/mol. The first-order valence-corrected chi connectivity index (χ1v) is 8.44. The van der Waals surface area contributed by atoms with E-state index in [2.05, 4.69) is 29.6 Å². The van der Waals surface area contributed by atoms with Crippen LogP contribution in [0.2, 0.25) is 0 Å². The minimum atomic E-state index is 0.892. The van der Waals surface area contributed by atoms with Crippen LogP contribution in [0.15, 0.2) is 48.0 Å². The Hall–Kier alpha value is -2.13. The number of methoxy groups -OCH3 is 1. The lowest BCUT2D eigenvalue weighted by molar-refractivity contribution is 0.415. The van der Waals surface area contributed by atoms with Crippen molar-refractivity contribution in [3.63, 3.8) is 0 Å². The van der Waals surface area contributed by atoms with Crippen molar-refractivity contribution in [3.05, 3.63) is 59.1 Å². The molecule has 110 valence electrons. The second-order valence-corrected chi connectivity index (χ2v) is 6.48. The molecule has 0 saturated heterocycles. The second kappa shape index (κ2) is 5.58. The van der Waals surface area contributed by atoms with Gasteiger partial charge in [-0.2, -0.15) is 0 Å². The molecule has 1 aromatic carbocycles.